The Labute approximate surface area is 112 Å². The molecule has 5 heteroatoms. The van der Waals surface area contributed by atoms with E-state index >= 15 is 0 Å². The number of benzene rings is 1. The molecule has 0 amide bonds. The number of nitrogens with zero attached hydrogens (tertiary/aromatic N) is 1. The number of rotatable bonds is 3. The predicted molar refractivity (Wildman–Crippen MR) is 71.3 cm³/mol. The molecular weight excluding hydrogens is 250 g/mol. The van der Waals surface area contributed by atoms with E-state index in [2.05, 4.69) is 0 Å². The smallest absolute Gasteiger partial charge is 0.149 e. The van der Waals surface area contributed by atoms with E-state index in [0.29, 0.717) is 31.7 Å². The second kappa shape index (κ2) is 5.84. The fourth-order valence-electron chi connectivity index (χ4n) is 2.44. The van der Waals surface area contributed by atoms with Crippen molar-refractivity contribution in [3.05, 3.63) is 29.3 Å². The second-order valence-electron chi connectivity index (χ2n) is 5.21. The summed E-state index contributed by atoms with van der Waals surface area (Å²) in [6, 6.07) is 2.61. The molecule has 1 saturated heterocycles. The molecule has 0 radical (unpaired) electrons. The van der Waals surface area contributed by atoms with Gasteiger partial charge >= 0.3 is 0 Å². The predicted octanol–water partition coefficient (Wildman–Crippen LogP) is 2.08. The molecule has 2 N–H and O–H groups in total. The molecule has 1 aliphatic heterocycles. The fourth-order valence-corrected chi connectivity index (χ4v) is 2.44. The Morgan fingerprint density at radius 1 is 1.42 bits per heavy atom. The Bertz CT molecular complexity index is 428. The highest BCUT2D eigenvalue weighted by Gasteiger charge is 2.25. The zero-order valence-corrected chi connectivity index (χ0v) is 11.3. The minimum absolute atomic E-state index is 0.0305. The van der Waals surface area contributed by atoms with Gasteiger partial charge in [-0.15, -0.1) is 0 Å². The van der Waals surface area contributed by atoms with E-state index in [0.717, 1.165) is 0 Å². The number of morpholine rings is 1. The van der Waals surface area contributed by atoms with Gasteiger partial charge in [0, 0.05) is 18.6 Å². The summed E-state index contributed by atoms with van der Waals surface area (Å²) in [5, 5.41) is 0. The van der Waals surface area contributed by atoms with E-state index in [4.69, 9.17) is 10.5 Å². The van der Waals surface area contributed by atoms with Crippen LogP contribution in [0.15, 0.2) is 12.1 Å². The molecule has 2 atom stereocenters. The number of halogens is 2. The maximum absolute atomic E-state index is 14.2. The number of hydrogen-bond acceptors (Lipinski definition) is 3. The Hall–Kier alpha value is -1.20. The topological polar surface area (TPSA) is 38.5 Å². The lowest BCUT2D eigenvalue weighted by Gasteiger charge is -2.35. The van der Waals surface area contributed by atoms with E-state index in [1.54, 1.807) is 4.90 Å². The summed E-state index contributed by atoms with van der Waals surface area (Å²) >= 11 is 0. The third-order valence-corrected chi connectivity index (χ3v) is 3.29. The summed E-state index contributed by atoms with van der Waals surface area (Å²) in [7, 11) is 0. The molecule has 2 unspecified atom stereocenters. The van der Waals surface area contributed by atoms with Crippen molar-refractivity contribution in [3.8, 4) is 0 Å². The average molecular weight is 270 g/mol. The van der Waals surface area contributed by atoms with Crippen LogP contribution in [-0.4, -0.2) is 31.8 Å². The van der Waals surface area contributed by atoms with E-state index in [1.807, 2.05) is 13.8 Å². The first-order valence-electron chi connectivity index (χ1n) is 6.57. The van der Waals surface area contributed by atoms with Crippen molar-refractivity contribution in [2.45, 2.75) is 32.4 Å². The molecule has 0 aromatic heterocycles. The first kappa shape index (κ1) is 14.2. The molecular formula is C14H20F2N2O. The minimum Gasteiger partial charge on any atom is -0.377 e. The molecule has 2 rings (SSSR count). The number of anilines is 1. The zero-order valence-electron chi connectivity index (χ0n) is 11.3. The Kier molecular flexibility index (Phi) is 4.37. The molecule has 0 aliphatic carbocycles. The molecule has 1 aliphatic rings. The third kappa shape index (κ3) is 3.22. The van der Waals surface area contributed by atoms with E-state index < -0.39 is 11.6 Å². The van der Waals surface area contributed by atoms with Crippen molar-refractivity contribution in [1.29, 1.82) is 0 Å². The summed E-state index contributed by atoms with van der Waals surface area (Å²) in [5.41, 5.74) is 6.29. The van der Waals surface area contributed by atoms with Crippen molar-refractivity contribution < 1.29 is 13.5 Å². The van der Waals surface area contributed by atoms with Gasteiger partial charge in [-0.05, 0) is 38.0 Å². The molecule has 1 aromatic carbocycles. The molecule has 0 saturated carbocycles. The van der Waals surface area contributed by atoms with Crippen molar-refractivity contribution in [3.63, 3.8) is 0 Å². The fraction of sp³-hybridized carbons (Fsp3) is 0.571. The molecule has 1 fully saturated rings. The summed E-state index contributed by atoms with van der Waals surface area (Å²) in [6.45, 7) is 5.19. The van der Waals surface area contributed by atoms with E-state index in [9.17, 15) is 8.78 Å². The SMILES string of the molecule is CC(N)Cc1cc(F)c(N2CCOCC2C)c(F)c1. The van der Waals surface area contributed by atoms with Gasteiger partial charge in [0.25, 0.3) is 0 Å². The summed E-state index contributed by atoms with van der Waals surface area (Å²) in [6.07, 6.45) is 0.465. The highest BCUT2D eigenvalue weighted by molar-refractivity contribution is 5.52. The van der Waals surface area contributed by atoms with Gasteiger partial charge in [0.1, 0.15) is 17.3 Å². The highest BCUT2D eigenvalue weighted by atomic mass is 19.1. The highest BCUT2D eigenvalue weighted by Crippen LogP contribution is 2.28. The molecule has 1 aromatic rings. The first-order chi connectivity index (χ1) is 8.99. The quantitative estimate of drug-likeness (QED) is 0.914. The Balaban J connectivity index is 2.30. The van der Waals surface area contributed by atoms with Gasteiger partial charge in [-0.25, -0.2) is 8.78 Å². The van der Waals surface area contributed by atoms with E-state index in [-0.39, 0.29) is 17.8 Å². The maximum atomic E-state index is 14.2. The van der Waals surface area contributed by atoms with Crippen LogP contribution in [0.2, 0.25) is 0 Å². The molecule has 19 heavy (non-hydrogen) atoms. The van der Waals surface area contributed by atoms with Gasteiger partial charge in [0.05, 0.1) is 13.2 Å². The third-order valence-electron chi connectivity index (χ3n) is 3.29. The first-order valence-corrected chi connectivity index (χ1v) is 6.57. The van der Waals surface area contributed by atoms with Gasteiger partial charge in [0.15, 0.2) is 0 Å². The van der Waals surface area contributed by atoms with Gasteiger partial charge in [-0.2, -0.15) is 0 Å². The Morgan fingerprint density at radius 3 is 2.58 bits per heavy atom. The minimum atomic E-state index is -0.524. The second-order valence-corrected chi connectivity index (χ2v) is 5.21. The van der Waals surface area contributed by atoms with Crippen LogP contribution < -0.4 is 10.6 Å². The van der Waals surface area contributed by atoms with Crippen molar-refractivity contribution in [2.24, 2.45) is 5.73 Å². The van der Waals surface area contributed by atoms with Crippen LogP contribution in [-0.2, 0) is 11.2 Å². The van der Waals surface area contributed by atoms with Crippen LogP contribution in [0.3, 0.4) is 0 Å². The molecule has 0 bridgehead atoms. The summed E-state index contributed by atoms with van der Waals surface area (Å²) < 4.78 is 33.6. The monoisotopic (exact) mass is 270 g/mol. The van der Waals surface area contributed by atoms with Gasteiger partial charge in [-0.1, -0.05) is 0 Å². The average Bonchev–Trinajstić information content (AvgIpc) is 2.29. The summed E-state index contributed by atoms with van der Waals surface area (Å²) in [5.74, 6) is -1.05. The van der Waals surface area contributed by atoms with Crippen molar-refractivity contribution in [1.82, 2.24) is 0 Å². The molecule has 1 heterocycles. The van der Waals surface area contributed by atoms with Crippen LogP contribution in [0.25, 0.3) is 0 Å². The summed E-state index contributed by atoms with van der Waals surface area (Å²) in [4.78, 5) is 1.73. The maximum Gasteiger partial charge on any atom is 0.149 e. The number of ether oxygens (including phenoxy) is 1. The van der Waals surface area contributed by atoms with Crippen molar-refractivity contribution in [2.75, 3.05) is 24.7 Å². The molecule has 0 spiro atoms. The van der Waals surface area contributed by atoms with Crippen LogP contribution in [0.4, 0.5) is 14.5 Å². The van der Waals surface area contributed by atoms with E-state index in [1.165, 1.54) is 12.1 Å². The number of hydrogen-bond donors (Lipinski definition) is 1. The Morgan fingerprint density at radius 2 is 2.05 bits per heavy atom. The standard InChI is InChI=1S/C14H20F2N2O/c1-9(17)5-11-6-12(15)14(13(16)7-11)18-3-4-19-8-10(18)2/h6-7,9-10H,3-5,8,17H2,1-2H3. The normalized spacial score (nSPS) is 21.5. The van der Waals surface area contributed by atoms with Gasteiger partial charge < -0.3 is 15.4 Å². The molecule has 106 valence electrons. The lowest BCUT2D eigenvalue weighted by molar-refractivity contribution is 0.0982. The van der Waals surface area contributed by atoms with Crippen LogP contribution in [0.1, 0.15) is 19.4 Å². The lowest BCUT2D eigenvalue weighted by atomic mass is 10.1. The van der Waals surface area contributed by atoms with Gasteiger partial charge in [-0.3, -0.25) is 0 Å². The molecule has 3 nitrogen and oxygen atoms in total. The lowest BCUT2D eigenvalue weighted by Crippen LogP contribution is -2.44. The van der Waals surface area contributed by atoms with Crippen LogP contribution >= 0.6 is 0 Å². The van der Waals surface area contributed by atoms with Crippen LogP contribution in [0, 0.1) is 11.6 Å². The van der Waals surface area contributed by atoms with Crippen molar-refractivity contribution >= 4 is 5.69 Å². The van der Waals surface area contributed by atoms with Crippen LogP contribution in [0.5, 0.6) is 0 Å². The van der Waals surface area contributed by atoms with Gasteiger partial charge in [0.2, 0.25) is 0 Å². The number of nitrogens with two attached hydrogens (primary N) is 1. The largest absolute Gasteiger partial charge is 0.377 e. The zero-order chi connectivity index (χ0) is 14.0.